The third-order valence-electron chi connectivity index (χ3n) is 3.11. The highest BCUT2D eigenvalue weighted by molar-refractivity contribution is 5.85. The van der Waals surface area contributed by atoms with Gasteiger partial charge in [0.05, 0.1) is 6.61 Å². The number of fused-ring (bicyclic) bond motifs is 1. The van der Waals surface area contributed by atoms with Crippen LogP contribution in [-0.4, -0.2) is 28.8 Å². The van der Waals surface area contributed by atoms with Gasteiger partial charge in [0.15, 0.2) is 6.10 Å². The summed E-state index contributed by atoms with van der Waals surface area (Å²) in [6.45, 7) is 3.81. The summed E-state index contributed by atoms with van der Waals surface area (Å²) in [5.74, 6) is -0.879. The second-order valence-electron chi connectivity index (χ2n) is 4.28. The molecule has 2 N–H and O–H groups in total. The molecular formula is C14H17NO3. The average molecular weight is 247 g/mol. The largest absolute Gasteiger partial charge is 0.464 e. The van der Waals surface area contributed by atoms with Crippen molar-refractivity contribution in [1.82, 2.24) is 4.98 Å². The Kier molecular flexibility index (Phi) is 3.67. The zero-order valence-electron chi connectivity index (χ0n) is 10.5. The van der Waals surface area contributed by atoms with E-state index in [1.165, 1.54) is 0 Å². The normalized spacial score (nSPS) is 14.4. The minimum absolute atomic E-state index is 0.274. The van der Waals surface area contributed by atoms with E-state index in [1.54, 1.807) is 6.92 Å². The Hall–Kier alpha value is -1.81. The zero-order chi connectivity index (χ0) is 13.1. The lowest BCUT2D eigenvalue weighted by atomic mass is 9.95. The van der Waals surface area contributed by atoms with Crippen LogP contribution >= 0.6 is 0 Å². The summed E-state index contributed by atoms with van der Waals surface area (Å²) in [6.07, 6.45) is 0.696. The number of aliphatic hydroxyl groups excluding tert-OH is 1. The van der Waals surface area contributed by atoms with Crippen molar-refractivity contribution in [3.8, 4) is 0 Å². The molecule has 4 nitrogen and oxygen atoms in total. The predicted molar refractivity (Wildman–Crippen MR) is 69.4 cm³/mol. The smallest absolute Gasteiger partial charge is 0.335 e. The van der Waals surface area contributed by atoms with Gasteiger partial charge in [0.2, 0.25) is 0 Å². The molecule has 0 saturated heterocycles. The first-order valence-corrected chi connectivity index (χ1v) is 6.05. The van der Waals surface area contributed by atoms with Gasteiger partial charge in [-0.05, 0) is 18.6 Å². The van der Waals surface area contributed by atoms with Crippen molar-refractivity contribution >= 4 is 16.9 Å². The van der Waals surface area contributed by atoms with Crippen molar-refractivity contribution < 1.29 is 14.6 Å². The molecule has 1 aromatic carbocycles. The van der Waals surface area contributed by atoms with E-state index >= 15 is 0 Å². The molecule has 0 amide bonds. The van der Waals surface area contributed by atoms with E-state index in [0.29, 0.717) is 0 Å². The molecule has 0 saturated carbocycles. The van der Waals surface area contributed by atoms with Crippen molar-refractivity contribution in [2.75, 3.05) is 6.61 Å². The van der Waals surface area contributed by atoms with Crippen LogP contribution in [0, 0.1) is 0 Å². The van der Waals surface area contributed by atoms with Crippen LogP contribution in [0.4, 0.5) is 0 Å². The molecular weight excluding hydrogens is 230 g/mol. The van der Waals surface area contributed by atoms with Crippen molar-refractivity contribution in [3.63, 3.8) is 0 Å². The number of nitrogens with one attached hydrogen (secondary N) is 1. The highest BCUT2D eigenvalue weighted by Crippen LogP contribution is 2.27. The summed E-state index contributed by atoms with van der Waals surface area (Å²) < 4.78 is 4.84. The molecule has 4 heteroatoms. The quantitative estimate of drug-likeness (QED) is 0.814. The van der Waals surface area contributed by atoms with E-state index in [4.69, 9.17) is 4.74 Å². The number of ether oxygens (including phenoxy) is 1. The van der Waals surface area contributed by atoms with Crippen molar-refractivity contribution in [2.24, 2.45) is 0 Å². The Labute approximate surface area is 106 Å². The summed E-state index contributed by atoms with van der Waals surface area (Å²) in [7, 11) is 0. The third kappa shape index (κ3) is 2.24. The van der Waals surface area contributed by atoms with Crippen LogP contribution < -0.4 is 0 Å². The maximum Gasteiger partial charge on any atom is 0.335 e. The maximum absolute atomic E-state index is 11.5. The number of para-hydroxylation sites is 1. The molecule has 0 bridgehead atoms. The van der Waals surface area contributed by atoms with Gasteiger partial charge >= 0.3 is 5.97 Å². The van der Waals surface area contributed by atoms with Gasteiger partial charge in [0, 0.05) is 23.0 Å². The van der Waals surface area contributed by atoms with E-state index in [0.717, 1.165) is 16.5 Å². The Morgan fingerprint density at radius 2 is 2.17 bits per heavy atom. The number of hydrogen-bond donors (Lipinski definition) is 2. The molecule has 1 heterocycles. The van der Waals surface area contributed by atoms with Gasteiger partial charge in [-0.25, -0.2) is 4.79 Å². The number of carbonyl (C=O) groups excluding carboxylic acids is 1. The molecule has 0 spiro atoms. The van der Waals surface area contributed by atoms with E-state index in [2.05, 4.69) is 4.98 Å². The lowest BCUT2D eigenvalue weighted by molar-refractivity contribution is -0.154. The fourth-order valence-electron chi connectivity index (χ4n) is 2.07. The number of esters is 1. The van der Waals surface area contributed by atoms with Crippen LogP contribution in [-0.2, 0) is 9.53 Å². The fraction of sp³-hybridized carbons (Fsp3) is 0.357. The Bertz CT molecular complexity index is 547. The monoisotopic (exact) mass is 247 g/mol. The number of aliphatic hydroxyl groups is 1. The van der Waals surface area contributed by atoms with Gasteiger partial charge < -0.3 is 14.8 Å². The summed E-state index contributed by atoms with van der Waals surface area (Å²) in [5.41, 5.74) is 1.92. The number of H-pyrrole nitrogens is 1. The first-order valence-electron chi connectivity index (χ1n) is 6.05. The van der Waals surface area contributed by atoms with Gasteiger partial charge in [-0.3, -0.25) is 0 Å². The van der Waals surface area contributed by atoms with E-state index in [9.17, 15) is 9.90 Å². The van der Waals surface area contributed by atoms with E-state index < -0.39 is 12.1 Å². The van der Waals surface area contributed by atoms with Gasteiger partial charge in [0.1, 0.15) is 0 Å². The molecule has 2 rings (SSSR count). The van der Waals surface area contributed by atoms with Gasteiger partial charge in [-0.15, -0.1) is 0 Å². The fourth-order valence-corrected chi connectivity index (χ4v) is 2.07. The lowest BCUT2D eigenvalue weighted by Gasteiger charge is -2.16. The molecule has 2 aromatic rings. The summed E-state index contributed by atoms with van der Waals surface area (Å²) in [5, 5.41) is 11.0. The number of carbonyl (C=O) groups is 1. The molecule has 1 aromatic heterocycles. The van der Waals surface area contributed by atoms with Crippen LogP contribution in [0.1, 0.15) is 25.3 Å². The SMILES string of the molecule is CCOC(=O)[C@H](O)[C@@H](C)c1c[nH]c2ccccc12. The number of rotatable bonds is 4. The number of hydrogen-bond acceptors (Lipinski definition) is 3. The van der Waals surface area contributed by atoms with E-state index in [1.807, 2.05) is 37.4 Å². The second-order valence-corrected chi connectivity index (χ2v) is 4.28. The topological polar surface area (TPSA) is 62.3 Å². The minimum Gasteiger partial charge on any atom is -0.464 e. The van der Waals surface area contributed by atoms with Crippen LogP contribution in [0.25, 0.3) is 10.9 Å². The van der Waals surface area contributed by atoms with Crippen molar-refractivity contribution in [1.29, 1.82) is 0 Å². The summed E-state index contributed by atoms with van der Waals surface area (Å²) >= 11 is 0. The summed E-state index contributed by atoms with van der Waals surface area (Å²) in [6, 6.07) is 7.80. The van der Waals surface area contributed by atoms with Crippen LogP contribution in [0.15, 0.2) is 30.5 Å². The number of benzene rings is 1. The van der Waals surface area contributed by atoms with Crippen LogP contribution in [0.2, 0.25) is 0 Å². The second kappa shape index (κ2) is 5.23. The van der Waals surface area contributed by atoms with Gasteiger partial charge in [-0.2, -0.15) is 0 Å². The molecule has 0 unspecified atom stereocenters. The van der Waals surface area contributed by atoms with Gasteiger partial charge in [-0.1, -0.05) is 25.1 Å². The van der Waals surface area contributed by atoms with Gasteiger partial charge in [0.25, 0.3) is 0 Å². The zero-order valence-corrected chi connectivity index (χ0v) is 10.5. The number of aromatic nitrogens is 1. The molecule has 18 heavy (non-hydrogen) atoms. The molecule has 0 aliphatic carbocycles. The molecule has 0 aliphatic heterocycles. The lowest BCUT2D eigenvalue weighted by Crippen LogP contribution is -2.28. The van der Waals surface area contributed by atoms with Crippen molar-refractivity contribution in [2.45, 2.75) is 25.9 Å². The number of aromatic amines is 1. The summed E-state index contributed by atoms with van der Waals surface area (Å²) in [4.78, 5) is 14.7. The Morgan fingerprint density at radius 1 is 1.44 bits per heavy atom. The third-order valence-corrected chi connectivity index (χ3v) is 3.11. The molecule has 0 aliphatic rings. The standard InChI is InChI=1S/C14H17NO3/c1-3-18-14(17)13(16)9(2)11-8-15-12-7-5-4-6-10(11)12/h4-9,13,15-16H,3H2,1-2H3/t9-,13+/m0/s1. The van der Waals surface area contributed by atoms with E-state index in [-0.39, 0.29) is 12.5 Å². The molecule has 96 valence electrons. The highest BCUT2D eigenvalue weighted by atomic mass is 16.5. The maximum atomic E-state index is 11.5. The molecule has 2 atom stereocenters. The Morgan fingerprint density at radius 3 is 2.89 bits per heavy atom. The molecule has 0 fully saturated rings. The highest BCUT2D eigenvalue weighted by Gasteiger charge is 2.26. The van der Waals surface area contributed by atoms with Crippen LogP contribution in [0.3, 0.4) is 0 Å². The first-order chi connectivity index (χ1) is 8.65. The minimum atomic E-state index is -1.14. The van der Waals surface area contributed by atoms with Crippen LogP contribution in [0.5, 0.6) is 0 Å². The Balaban J connectivity index is 2.28. The van der Waals surface area contributed by atoms with Crippen molar-refractivity contribution in [3.05, 3.63) is 36.0 Å². The average Bonchev–Trinajstić information content (AvgIpc) is 2.81. The first kappa shape index (κ1) is 12.6. The predicted octanol–water partition coefficient (Wildman–Crippen LogP) is 2.20. The molecule has 0 radical (unpaired) electrons.